The molecule has 0 amide bonds. The van der Waals surface area contributed by atoms with Gasteiger partial charge in [-0.2, -0.15) is 0 Å². The number of nitrogen functional groups attached to an aromatic ring is 1. The van der Waals surface area contributed by atoms with Gasteiger partial charge in [0.05, 0.1) is 18.6 Å². The van der Waals surface area contributed by atoms with Crippen LogP contribution in [-0.4, -0.2) is 39.0 Å². The fraction of sp³-hybridized carbons (Fsp3) is 0.348. The first-order valence-electron chi connectivity index (χ1n) is 10.4. The van der Waals surface area contributed by atoms with Gasteiger partial charge in [-0.05, 0) is 38.0 Å². The van der Waals surface area contributed by atoms with E-state index in [0.717, 1.165) is 19.4 Å². The number of hydrogen-bond donors (Lipinski definition) is 2. The van der Waals surface area contributed by atoms with Gasteiger partial charge in [0, 0.05) is 36.6 Å². The van der Waals surface area contributed by atoms with Crippen LogP contribution in [0.1, 0.15) is 30.1 Å². The number of hydrogen-bond acceptors (Lipinski definition) is 6. The van der Waals surface area contributed by atoms with Crippen molar-refractivity contribution in [2.24, 2.45) is 5.73 Å². The molecule has 1 fully saturated rings. The lowest BCUT2D eigenvalue weighted by atomic mass is 10.1. The highest BCUT2D eigenvalue weighted by molar-refractivity contribution is 5.96. The molecule has 31 heavy (non-hydrogen) atoms. The van der Waals surface area contributed by atoms with Crippen LogP contribution in [0.3, 0.4) is 0 Å². The average molecular weight is 419 g/mol. The van der Waals surface area contributed by atoms with Crippen molar-refractivity contribution in [3.05, 3.63) is 52.4 Å². The molecule has 2 aromatic heterocycles. The SMILES string of the molecule is CC#CCn1c(N2CCCC(N)C2)nc2ccn(CC(=O)c3cccc(N)c3)c(=O)c21. The Morgan fingerprint density at radius 2 is 2.16 bits per heavy atom. The van der Waals surface area contributed by atoms with Gasteiger partial charge in [0.15, 0.2) is 5.78 Å². The average Bonchev–Trinajstić information content (AvgIpc) is 3.13. The van der Waals surface area contributed by atoms with Crippen LogP contribution in [0.15, 0.2) is 41.3 Å². The van der Waals surface area contributed by atoms with Gasteiger partial charge in [-0.3, -0.25) is 14.2 Å². The number of carbonyl (C=O) groups is 1. The van der Waals surface area contributed by atoms with E-state index in [1.54, 1.807) is 43.5 Å². The van der Waals surface area contributed by atoms with E-state index in [9.17, 15) is 9.59 Å². The zero-order valence-electron chi connectivity index (χ0n) is 17.5. The van der Waals surface area contributed by atoms with Crippen LogP contribution in [0.4, 0.5) is 11.6 Å². The van der Waals surface area contributed by atoms with Crippen molar-refractivity contribution in [1.82, 2.24) is 14.1 Å². The third-order valence-electron chi connectivity index (χ3n) is 5.53. The molecule has 8 nitrogen and oxygen atoms in total. The maximum absolute atomic E-state index is 13.3. The standard InChI is InChI=1S/C23H26N6O2/c1-2-3-11-29-21-19(26-23(29)28-10-5-8-18(25)14-28)9-12-27(22(21)31)15-20(30)16-6-4-7-17(24)13-16/h4,6-7,9,12-13,18H,5,8,10-11,14-15,24-25H2,1H3. The van der Waals surface area contributed by atoms with E-state index in [1.165, 1.54) is 4.57 Å². The van der Waals surface area contributed by atoms with Gasteiger partial charge in [-0.25, -0.2) is 4.98 Å². The quantitative estimate of drug-likeness (QED) is 0.370. The van der Waals surface area contributed by atoms with E-state index in [4.69, 9.17) is 16.5 Å². The molecule has 1 atom stereocenters. The molecule has 160 valence electrons. The van der Waals surface area contributed by atoms with E-state index in [2.05, 4.69) is 16.7 Å². The summed E-state index contributed by atoms with van der Waals surface area (Å²) in [6.07, 6.45) is 3.57. The number of anilines is 2. The fourth-order valence-corrected chi connectivity index (χ4v) is 3.99. The van der Waals surface area contributed by atoms with Gasteiger partial charge in [0.25, 0.3) is 5.56 Å². The number of carbonyl (C=O) groups excluding carboxylic acids is 1. The molecule has 0 radical (unpaired) electrons. The van der Waals surface area contributed by atoms with Gasteiger partial charge in [-0.1, -0.05) is 18.1 Å². The van der Waals surface area contributed by atoms with Crippen molar-refractivity contribution in [3.63, 3.8) is 0 Å². The van der Waals surface area contributed by atoms with Crippen molar-refractivity contribution in [2.75, 3.05) is 23.7 Å². The number of imidazole rings is 1. The summed E-state index contributed by atoms with van der Waals surface area (Å²) in [5, 5.41) is 0. The van der Waals surface area contributed by atoms with E-state index in [0.29, 0.717) is 41.3 Å². The fourth-order valence-electron chi connectivity index (χ4n) is 3.99. The summed E-state index contributed by atoms with van der Waals surface area (Å²) >= 11 is 0. The molecule has 1 unspecified atom stereocenters. The Bertz CT molecular complexity index is 1250. The number of Topliss-reactive ketones (excluding diaryl/α,β-unsaturated/α-hetero) is 1. The van der Waals surface area contributed by atoms with E-state index >= 15 is 0 Å². The van der Waals surface area contributed by atoms with Gasteiger partial charge in [-0.15, -0.1) is 5.92 Å². The first-order valence-corrected chi connectivity index (χ1v) is 10.4. The summed E-state index contributed by atoms with van der Waals surface area (Å²) < 4.78 is 3.25. The molecule has 3 aromatic rings. The van der Waals surface area contributed by atoms with Gasteiger partial charge in [0.1, 0.15) is 5.52 Å². The summed E-state index contributed by atoms with van der Waals surface area (Å²) in [7, 11) is 0. The van der Waals surface area contributed by atoms with Crippen LogP contribution >= 0.6 is 0 Å². The highest BCUT2D eigenvalue weighted by Gasteiger charge is 2.24. The largest absolute Gasteiger partial charge is 0.399 e. The van der Waals surface area contributed by atoms with Crippen LogP contribution in [0.5, 0.6) is 0 Å². The molecular formula is C23H26N6O2. The summed E-state index contributed by atoms with van der Waals surface area (Å²) in [6.45, 7) is 3.55. The van der Waals surface area contributed by atoms with E-state index in [1.807, 2.05) is 4.57 Å². The minimum absolute atomic E-state index is 0.0758. The van der Waals surface area contributed by atoms with E-state index in [-0.39, 0.29) is 23.9 Å². The summed E-state index contributed by atoms with van der Waals surface area (Å²) in [6, 6.07) is 8.60. The van der Waals surface area contributed by atoms with Crippen LogP contribution in [0.2, 0.25) is 0 Å². The molecule has 0 bridgehead atoms. The Balaban J connectivity index is 1.75. The van der Waals surface area contributed by atoms with Crippen LogP contribution < -0.4 is 21.9 Å². The predicted molar refractivity (Wildman–Crippen MR) is 122 cm³/mol. The number of piperidine rings is 1. The molecule has 0 aliphatic carbocycles. The maximum Gasteiger partial charge on any atom is 0.277 e. The normalized spacial score (nSPS) is 16.2. The lowest BCUT2D eigenvalue weighted by Gasteiger charge is -2.31. The number of nitrogens with zero attached hydrogens (tertiary/aromatic N) is 4. The molecule has 1 saturated heterocycles. The van der Waals surface area contributed by atoms with Gasteiger partial charge in [0.2, 0.25) is 5.95 Å². The highest BCUT2D eigenvalue weighted by Crippen LogP contribution is 2.23. The number of pyridine rings is 1. The number of nitrogens with two attached hydrogens (primary N) is 2. The number of aromatic nitrogens is 3. The van der Waals surface area contributed by atoms with Gasteiger partial charge < -0.3 is 20.9 Å². The molecule has 0 saturated carbocycles. The molecule has 0 spiro atoms. The molecule has 4 rings (SSSR count). The van der Waals surface area contributed by atoms with Crippen molar-refractivity contribution in [3.8, 4) is 11.8 Å². The second-order valence-corrected chi connectivity index (χ2v) is 7.80. The molecule has 1 aliphatic rings. The monoisotopic (exact) mass is 418 g/mol. The third-order valence-corrected chi connectivity index (χ3v) is 5.53. The summed E-state index contributed by atoms with van der Waals surface area (Å²) in [5.41, 5.74) is 13.7. The third kappa shape index (κ3) is 4.18. The highest BCUT2D eigenvalue weighted by atomic mass is 16.1. The van der Waals surface area contributed by atoms with Crippen molar-refractivity contribution in [1.29, 1.82) is 0 Å². The van der Waals surface area contributed by atoms with Gasteiger partial charge >= 0.3 is 0 Å². The maximum atomic E-state index is 13.3. The van der Waals surface area contributed by atoms with Crippen molar-refractivity contribution in [2.45, 2.75) is 38.9 Å². The van der Waals surface area contributed by atoms with Crippen molar-refractivity contribution >= 4 is 28.5 Å². The Morgan fingerprint density at radius 1 is 1.32 bits per heavy atom. The van der Waals surface area contributed by atoms with Crippen molar-refractivity contribution < 1.29 is 4.79 Å². The summed E-state index contributed by atoms with van der Waals surface area (Å²) in [4.78, 5) is 32.9. The molecule has 1 aliphatic heterocycles. The van der Waals surface area contributed by atoms with Crippen LogP contribution in [0.25, 0.3) is 11.0 Å². The molecule has 4 N–H and O–H groups in total. The second-order valence-electron chi connectivity index (χ2n) is 7.80. The Morgan fingerprint density at radius 3 is 2.90 bits per heavy atom. The molecule has 1 aromatic carbocycles. The number of rotatable bonds is 5. The van der Waals surface area contributed by atoms with Crippen LogP contribution in [-0.2, 0) is 13.1 Å². The molecule has 8 heteroatoms. The second kappa shape index (κ2) is 8.66. The zero-order valence-corrected chi connectivity index (χ0v) is 17.5. The smallest absolute Gasteiger partial charge is 0.277 e. The Labute approximate surface area is 180 Å². The molecule has 3 heterocycles. The minimum Gasteiger partial charge on any atom is -0.399 e. The number of fused-ring (bicyclic) bond motifs is 1. The topological polar surface area (TPSA) is 112 Å². The zero-order chi connectivity index (χ0) is 22.0. The van der Waals surface area contributed by atoms with Crippen LogP contribution in [0, 0.1) is 11.8 Å². The number of benzene rings is 1. The lowest BCUT2D eigenvalue weighted by molar-refractivity contribution is 0.0971. The minimum atomic E-state index is -0.271. The first kappa shape index (κ1) is 20.7. The summed E-state index contributed by atoms with van der Waals surface area (Å²) in [5.74, 6) is 6.44. The number of ketones is 1. The predicted octanol–water partition coefficient (Wildman–Crippen LogP) is 1.61. The Hall–Kier alpha value is -3.57. The Kier molecular flexibility index (Phi) is 5.78. The lowest BCUT2D eigenvalue weighted by Crippen LogP contribution is -2.44. The molecular weight excluding hydrogens is 392 g/mol. The first-order chi connectivity index (χ1) is 15.0. The van der Waals surface area contributed by atoms with E-state index < -0.39 is 0 Å².